The van der Waals surface area contributed by atoms with Gasteiger partial charge in [0.2, 0.25) is 11.8 Å². The van der Waals surface area contributed by atoms with Gasteiger partial charge >= 0.3 is 0 Å². The molecule has 5 heteroatoms. The van der Waals surface area contributed by atoms with Crippen LogP contribution in [0.15, 0.2) is 47.4 Å². The molecule has 4 nitrogen and oxygen atoms in total. The summed E-state index contributed by atoms with van der Waals surface area (Å²) < 4.78 is 0. The van der Waals surface area contributed by atoms with Crippen molar-refractivity contribution in [3.05, 3.63) is 59.2 Å². The number of aryl methyl sites for hydroxylation is 2. The Kier molecular flexibility index (Phi) is 7.07. The molecule has 2 aromatic rings. The molecule has 0 aliphatic carbocycles. The van der Waals surface area contributed by atoms with Crippen LogP contribution < -0.4 is 10.6 Å². The van der Waals surface area contributed by atoms with Crippen molar-refractivity contribution in [3.63, 3.8) is 0 Å². The molecular weight excluding hydrogens is 332 g/mol. The number of rotatable bonds is 7. The summed E-state index contributed by atoms with van der Waals surface area (Å²) in [5.74, 6) is 0.707. The minimum absolute atomic E-state index is 0.00427. The SMILES string of the molecule is CNC(=O)Cc1ccc(NC(=O)CCSc2ccc(C)c(C)c2)cc1. The molecule has 0 unspecified atom stereocenters. The predicted molar refractivity (Wildman–Crippen MR) is 104 cm³/mol. The highest BCUT2D eigenvalue weighted by molar-refractivity contribution is 7.99. The van der Waals surface area contributed by atoms with Gasteiger partial charge in [0.05, 0.1) is 6.42 Å². The van der Waals surface area contributed by atoms with Gasteiger partial charge in [-0.05, 0) is 54.8 Å². The minimum atomic E-state index is -0.0276. The van der Waals surface area contributed by atoms with Crippen LogP contribution in [0.1, 0.15) is 23.1 Å². The summed E-state index contributed by atoms with van der Waals surface area (Å²) in [5, 5.41) is 5.48. The van der Waals surface area contributed by atoms with Gasteiger partial charge in [0.25, 0.3) is 0 Å². The molecule has 0 saturated heterocycles. The van der Waals surface area contributed by atoms with E-state index in [-0.39, 0.29) is 11.8 Å². The molecule has 0 spiro atoms. The first-order valence-electron chi connectivity index (χ1n) is 8.27. The van der Waals surface area contributed by atoms with Crippen molar-refractivity contribution in [3.8, 4) is 0 Å². The fraction of sp³-hybridized carbons (Fsp3) is 0.300. The quantitative estimate of drug-likeness (QED) is 0.744. The number of carbonyl (C=O) groups is 2. The molecule has 0 saturated carbocycles. The second kappa shape index (κ2) is 9.28. The fourth-order valence-corrected chi connectivity index (χ4v) is 3.22. The van der Waals surface area contributed by atoms with Crippen LogP contribution in [0.4, 0.5) is 5.69 Å². The maximum absolute atomic E-state index is 12.0. The van der Waals surface area contributed by atoms with Gasteiger partial charge in [-0.2, -0.15) is 0 Å². The molecular formula is C20H24N2O2S. The Bertz CT molecular complexity index is 742. The van der Waals surface area contributed by atoms with Gasteiger partial charge in [-0.15, -0.1) is 11.8 Å². The standard InChI is InChI=1S/C20H24N2O2S/c1-14-4-9-18(12-15(14)2)25-11-10-19(23)22-17-7-5-16(6-8-17)13-20(24)21-3/h4-9,12H,10-11,13H2,1-3H3,(H,21,24)(H,22,23). The summed E-state index contributed by atoms with van der Waals surface area (Å²) in [5.41, 5.74) is 4.22. The summed E-state index contributed by atoms with van der Waals surface area (Å²) in [7, 11) is 1.62. The third kappa shape index (κ3) is 6.27. The van der Waals surface area contributed by atoms with Gasteiger partial charge in [-0.25, -0.2) is 0 Å². The Balaban J connectivity index is 1.77. The van der Waals surface area contributed by atoms with E-state index in [9.17, 15) is 9.59 Å². The predicted octanol–water partition coefficient (Wildman–Crippen LogP) is 3.71. The van der Waals surface area contributed by atoms with Crippen LogP contribution in [-0.2, 0) is 16.0 Å². The lowest BCUT2D eigenvalue weighted by atomic mass is 10.1. The third-order valence-electron chi connectivity index (χ3n) is 3.96. The van der Waals surface area contributed by atoms with Gasteiger partial charge in [0, 0.05) is 29.8 Å². The summed E-state index contributed by atoms with van der Waals surface area (Å²) in [6.07, 6.45) is 0.801. The first-order valence-corrected chi connectivity index (χ1v) is 9.26. The molecule has 0 fully saturated rings. The average molecular weight is 356 g/mol. The normalized spacial score (nSPS) is 10.4. The lowest BCUT2D eigenvalue weighted by molar-refractivity contribution is -0.120. The van der Waals surface area contributed by atoms with E-state index in [4.69, 9.17) is 0 Å². The van der Waals surface area contributed by atoms with Crippen LogP contribution in [0.5, 0.6) is 0 Å². The fourth-order valence-electron chi connectivity index (χ4n) is 2.27. The van der Waals surface area contributed by atoms with Crippen LogP contribution in [-0.4, -0.2) is 24.6 Å². The maximum atomic E-state index is 12.0. The van der Waals surface area contributed by atoms with E-state index in [1.54, 1.807) is 18.8 Å². The summed E-state index contributed by atoms with van der Waals surface area (Å²) in [6.45, 7) is 4.19. The zero-order valence-electron chi connectivity index (χ0n) is 14.9. The smallest absolute Gasteiger partial charge is 0.225 e. The second-order valence-corrected chi connectivity index (χ2v) is 7.11. The Morgan fingerprint density at radius 3 is 2.32 bits per heavy atom. The van der Waals surface area contributed by atoms with Crippen LogP contribution >= 0.6 is 11.8 Å². The highest BCUT2D eigenvalue weighted by Crippen LogP contribution is 2.22. The van der Waals surface area contributed by atoms with E-state index in [1.807, 2.05) is 24.3 Å². The molecule has 2 aromatic carbocycles. The molecule has 0 aliphatic rings. The first-order chi connectivity index (χ1) is 12.0. The van der Waals surface area contributed by atoms with Gasteiger partial charge in [0.15, 0.2) is 0 Å². The highest BCUT2D eigenvalue weighted by atomic mass is 32.2. The number of amides is 2. The molecule has 2 rings (SSSR count). The van der Waals surface area contributed by atoms with Crippen molar-refractivity contribution in [2.45, 2.75) is 31.6 Å². The molecule has 2 amide bonds. The summed E-state index contributed by atoms with van der Waals surface area (Å²) in [6, 6.07) is 13.7. The van der Waals surface area contributed by atoms with Crippen LogP contribution in [0.25, 0.3) is 0 Å². The molecule has 0 aliphatic heterocycles. The number of anilines is 1. The van der Waals surface area contributed by atoms with Crippen molar-refractivity contribution < 1.29 is 9.59 Å². The second-order valence-electron chi connectivity index (χ2n) is 5.94. The van der Waals surface area contributed by atoms with Crippen molar-refractivity contribution >= 4 is 29.3 Å². The number of carbonyl (C=O) groups excluding carboxylic acids is 2. The molecule has 0 radical (unpaired) electrons. The summed E-state index contributed by atoms with van der Waals surface area (Å²) in [4.78, 5) is 24.6. The largest absolute Gasteiger partial charge is 0.359 e. The van der Waals surface area contributed by atoms with Crippen molar-refractivity contribution in [1.82, 2.24) is 5.32 Å². The molecule has 25 heavy (non-hydrogen) atoms. The Morgan fingerprint density at radius 2 is 1.68 bits per heavy atom. The Morgan fingerprint density at radius 1 is 0.960 bits per heavy atom. The van der Waals surface area contributed by atoms with E-state index in [1.165, 1.54) is 16.0 Å². The number of thioether (sulfide) groups is 1. The van der Waals surface area contributed by atoms with E-state index in [2.05, 4.69) is 42.7 Å². The van der Waals surface area contributed by atoms with Gasteiger partial charge in [-0.3, -0.25) is 9.59 Å². The highest BCUT2D eigenvalue weighted by Gasteiger charge is 2.05. The zero-order chi connectivity index (χ0) is 18.2. The lowest BCUT2D eigenvalue weighted by Gasteiger charge is -2.07. The topological polar surface area (TPSA) is 58.2 Å². The molecule has 132 valence electrons. The van der Waals surface area contributed by atoms with E-state index < -0.39 is 0 Å². The summed E-state index contributed by atoms with van der Waals surface area (Å²) >= 11 is 1.69. The molecule has 0 heterocycles. The van der Waals surface area contributed by atoms with E-state index in [0.717, 1.165) is 17.0 Å². The maximum Gasteiger partial charge on any atom is 0.225 e. The first kappa shape index (κ1) is 19.1. The van der Waals surface area contributed by atoms with E-state index in [0.29, 0.717) is 12.8 Å². The van der Waals surface area contributed by atoms with Crippen molar-refractivity contribution in [2.24, 2.45) is 0 Å². The average Bonchev–Trinajstić information content (AvgIpc) is 2.59. The number of likely N-dealkylation sites (N-methyl/N-ethyl adjacent to an activating group) is 1. The van der Waals surface area contributed by atoms with Gasteiger partial charge < -0.3 is 10.6 Å². The lowest BCUT2D eigenvalue weighted by Crippen LogP contribution is -2.19. The Hall–Kier alpha value is -2.27. The number of nitrogens with one attached hydrogen (secondary N) is 2. The van der Waals surface area contributed by atoms with Crippen LogP contribution in [0.3, 0.4) is 0 Å². The van der Waals surface area contributed by atoms with Gasteiger partial charge in [-0.1, -0.05) is 18.2 Å². The van der Waals surface area contributed by atoms with Gasteiger partial charge in [0.1, 0.15) is 0 Å². The van der Waals surface area contributed by atoms with Crippen molar-refractivity contribution in [2.75, 3.05) is 18.1 Å². The number of hydrogen-bond donors (Lipinski definition) is 2. The minimum Gasteiger partial charge on any atom is -0.359 e. The van der Waals surface area contributed by atoms with Crippen LogP contribution in [0, 0.1) is 13.8 Å². The molecule has 0 bridgehead atoms. The Labute approximate surface area is 153 Å². The van der Waals surface area contributed by atoms with E-state index >= 15 is 0 Å². The number of hydrogen-bond acceptors (Lipinski definition) is 3. The van der Waals surface area contributed by atoms with Crippen LogP contribution in [0.2, 0.25) is 0 Å². The molecule has 2 N–H and O–H groups in total. The molecule has 0 aromatic heterocycles. The third-order valence-corrected chi connectivity index (χ3v) is 4.95. The number of benzene rings is 2. The van der Waals surface area contributed by atoms with Crippen molar-refractivity contribution in [1.29, 1.82) is 0 Å². The molecule has 0 atom stereocenters. The monoisotopic (exact) mass is 356 g/mol. The zero-order valence-corrected chi connectivity index (χ0v) is 15.7.